The average molecular weight is 345 g/mol. The molecule has 7 nitrogen and oxygen atoms in total. The van der Waals surface area contributed by atoms with Crippen molar-refractivity contribution in [1.29, 1.82) is 0 Å². The van der Waals surface area contributed by atoms with Crippen LogP contribution in [0.25, 0.3) is 17.0 Å². The molecule has 1 fully saturated rings. The van der Waals surface area contributed by atoms with E-state index in [0.717, 1.165) is 42.4 Å². The van der Waals surface area contributed by atoms with Gasteiger partial charge in [0.1, 0.15) is 5.82 Å². The molecule has 0 atom stereocenters. The molecule has 1 aliphatic rings. The maximum absolute atomic E-state index is 4.78. The lowest BCUT2D eigenvalue weighted by Crippen LogP contribution is -2.48. The predicted molar refractivity (Wildman–Crippen MR) is 98.8 cm³/mol. The van der Waals surface area contributed by atoms with Gasteiger partial charge in [-0.25, -0.2) is 0 Å². The summed E-state index contributed by atoms with van der Waals surface area (Å²) in [6.07, 6.45) is 5.11. The first kappa shape index (κ1) is 15.1. The lowest BCUT2D eigenvalue weighted by molar-refractivity contribution is 0.403. The van der Waals surface area contributed by atoms with Crippen molar-refractivity contribution in [2.24, 2.45) is 13.0 Å². The van der Waals surface area contributed by atoms with E-state index in [4.69, 9.17) is 5.10 Å². The zero-order valence-electron chi connectivity index (χ0n) is 14.5. The second kappa shape index (κ2) is 5.94. The standard InChI is InChI=1S/C19H19N7/c1-24-11-14(10-20-24)9-15-12-25(13-15)18-8-7-17-21-22-19(26(17)23-18)16-5-3-2-4-6-16/h2-8,10-11,15H,9,12-13H2,1H3. The van der Waals surface area contributed by atoms with E-state index < -0.39 is 0 Å². The van der Waals surface area contributed by atoms with Crippen LogP contribution in [-0.2, 0) is 13.5 Å². The van der Waals surface area contributed by atoms with E-state index in [1.54, 1.807) is 0 Å². The number of benzene rings is 1. The highest BCUT2D eigenvalue weighted by Gasteiger charge is 2.28. The van der Waals surface area contributed by atoms with E-state index in [-0.39, 0.29) is 0 Å². The van der Waals surface area contributed by atoms with Gasteiger partial charge in [0.25, 0.3) is 0 Å². The van der Waals surface area contributed by atoms with Crippen molar-refractivity contribution in [1.82, 2.24) is 29.6 Å². The van der Waals surface area contributed by atoms with Gasteiger partial charge in [0.05, 0.1) is 6.20 Å². The molecule has 0 aliphatic carbocycles. The van der Waals surface area contributed by atoms with Gasteiger partial charge in [0.2, 0.25) is 0 Å². The number of aryl methyl sites for hydroxylation is 1. The van der Waals surface area contributed by atoms with Crippen molar-refractivity contribution in [3.63, 3.8) is 0 Å². The summed E-state index contributed by atoms with van der Waals surface area (Å²) in [5.74, 6) is 2.39. The third-order valence-electron chi connectivity index (χ3n) is 4.84. The summed E-state index contributed by atoms with van der Waals surface area (Å²) < 4.78 is 3.69. The maximum atomic E-state index is 4.78. The zero-order chi connectivity index (χ0) is 17.5. The van der Waals surface area contributed by atoms with Gasteiger partial charge in [-0.1, -0.05) is 30.3 Å². The van der Waals surface area contributed by atoms with Crippen LogP contribution in [0.15, 0.2) is 54.9 Å². The Labute approximate surface area is 150 Å². The van der Waals surface area contributed by atoms with Crippen LogP contribution < -0.4 is 4.90 Å². The number of fused-ring (bicyclic) bond motifs is 1. The molecule has 1 aromatic carbocycles. The van der Waals surface area contributed by atoms with Crippen LogP contribution in [0.3, 0.4) is 0 Å². The van der Waals surface area contributed by atoms with Gasteiger partial charge < -0.3 is 4.90 Å². The minimum absolute atomic E-state index is 0.645. The number of anilines is 1. The van der Waals surface area contributed by atoms with Gasteiger partial charge in [0, 0.05) is 31.9 Å². The smallest absolute Gasteiger partial charge is 0.185 e. The van der Waals surface area contributed by atoms with Gasteiger partial charge in [-0.05, 0) is 30.0 Å². The Bertz CT molecular complexity index is 1040. The lowest BCUT2D eigenvalue weighted by atomic mass is 9.93. The molecule has 7 heteroatoms. The summed E-state index contributed by atoms with van der Waals surface area (Å²) in [7, 11) is 1.96. The molecule has 0 spiro atoms. The maximum Gasteiger partial charge on any atom is 0.185 e. The van der Waals surface area contributed by atoms with Crippen LogP contribution in [-0.4, -0.2) is 42.7 Å². The topological polar surface area (TPSA) is 64.1 Å². The first-order valence-corrected chi connectivity index (χ1v) is 8.76. The third-order valence-corrected chi connectivity index (χ3v) is 4.84. The number of hydrogen-bond donors (Lipinski definition) is 0. The van der Waals surface area contributed by atoms with E-state index >= 15 is 0 Å². The Kier molecular flexibility index (Phi) is 3.44. The fourth-order valence-electron chi connectivity index (χ4n) is 3.51. The lowest BCUT2D eigenvalue weighted by Gasteiger charge is -2.40. The summed E-state index contributed by atoms with van der Waals surface area (Å²) in [5.41, 5.74) is 3.08. The molecular formula is C19H19N7. The van der Waals surface area contributed by atoms with Crippen LogP contribution in [0, 0.1) is 5.92 Å². The van der Waals surface area contributed by atoms with Gasteiger partial charge in [-0.2, -0.15) is 9.61 Å². The molecule has 0 amide bonds. The molecule has 26 heavy (non-hydrogen) atoms. The van der Waals surface area contributed by atoms with E-state index in [1.165, 1.54) is 5.56 Å². The van der Waals surface area contributed by atoms with Crippen molar-refractivity contribution in [2.45, 2.75) is 6.42 Å². The molecule has 0 bridgehead atoms. The van der Waals surface area contributed by atoms with Gasteiger partial charge in [0.15, 0.2) is 11.5 Å². The minimum Gasteiger partial charge on any atom is -0.354 e. The van der Waals surface area contributed by atoms with Crippen LogP contribution in [0.2, 0.25) is 0 Å². The summed E-state index contributed by atoms with van der Waals surface area (Å²) in [4.78, 5) is 2.30. The average Bonchev–Trinajstić information content (AvgIpc) is 3.24. The summed E-state index contributed by atoms with van der Waals surface area (Å²) >= 11 is 0. The largest absolute Gasteiger partial charge is 0.354 e. The fraction of sp³-hybridized carbons (Fsp3) is 0.263. The van der Waals surface area contributed by atoms with E-state index in [2.05, 4.69) is 26.4 Å². The molecule has 1 saturated heterocycles. The minimum atomic E-state index is 0.645. The Hall–Kier alpha value is -3.22. The highest BCUT2D eigenvalue weighted by Crippen LogP contribution is 2.26. The van der Waals surface area contributed by atoms with Gasteiger partial charge >= 0.3 is 0 Å². The molecule has 1 aliphatic heterocycles. The van der Waals surface area contributed by atoms with Crippen molar-refractivity contribution in [3.8, 4) is 11.4 Å². The number of aromatic nitrogens is 6. The second-order valence-electron chi connectivity index (χ2n) is 6.85. The van der Waals surface area contributed by atoms with Crippen molar-refractivity contribution in [2.75, 3.05) is 18.0 Å². The predicted octanol–water partition coefficient (Wildman–Crippen LogP) is 2.20. The fourth-order valence-corrected chi connectivity index (χ4v) is 3.51. The normalized spacial score (nSPS) is 14.7. The van der Waals surface area contributed by atoms with Crippen LogP contribution in [0.4, 0.5) is 5.82 Å². The summed E-state index contributed by atoms with van der Waals surface area (Å²) in [5, 5.41) is 17.6. The SMILES string of the molecule is Cn1cc(CC2CN(c3ccc4nnc(-c5ccccc5)n4n3)C2)cn1. The molecular weight excluding hydrogens is 326 g/mol. The second-order valence-corrected chi connectivity index (χ2v) is 6.85. The van der Waals surface area contributed by atoms with Gasteiger partial charge in [-0.3, -0.25) is 4.68 Å². The van der Waals surface area contributed by atoms with Crippen LogP contribution in [0.1, 0.15) is 5.56 Å². The van der Waals surface area contributed by atoms with Crippen molar-refractivity contribution in [3.05, 3.63) is 60.4 Å². The molecule has 5 rings (SSSR count). The highest BCUT2D eigenvalue weighted by atomic mass is 15.4. The molecule has 0 saturated carbocycles. The first-order chi connectivity index (χ1) is 12.8. The number of hydrogen-bond acceptors (Lipinski definition) is 5. The molecule has 4 heterocycles. The molecule has 4 aromatic rings. The highest BCUT2D eigenvalue weighted by molar-refractivity contribution is 5.59. The Morgan fingerprint density at radius 2 is 1.88 bits per heavy atom. The van der Waals surface area contributed by atoms with Crippen molar-refractivity contribution >= 4 is 11.5 Å². The van der Waals surface area contributed by atoms with E-state index in [0.29, 0.717) is 5.92 Å². The Balaban J connectivity index is 1.36. The van der Waals surface area contributed by atoms with Gasteiger partial charge in [-0.15, -0.1) is 15.3 Å². The van der Waals surface area contributed by atoms with Crippen LogP contribution >= 0.6 is 0 Å². The Morgan fingerprint density at radius 3 is 2.65 bits per heavy atom. The summed E-state index contributed by atoms with van der Waals surface area (Å²) in [6, 6.07) is 14.1. The molecule has 0 radical (unpaired) electrons. The Morgan fingerprint density at radius 1 is 1.04 bits per heavy atom. The first-order valence-electron chi connectivity index (χ1n) is 8.76. The third kappa shape index (κ3) is 2.61. The van der Waals surface area contributed by atoms with Crippen LogP contribution in [0.5, 0.6) is 0 Å². The quantitative estimate of drug-likeness (QED) is 0.567. The van der Waals surface area contributed by atoms with E-state index in [1.807, 2.05) is 64.9 Å². The number of nitrogens with zero attached hydrogens (tertiary/aromatic N) is 7. The molecule has 0 unspecified atom stereocenters. The zero-order valence-corrected chi connectivity index (χ0v) is 14.5. The monoisotopic (exact) mass is 345 g/mol. The molecule has 130 valence electrons. The molecule has 3 aromatic heterocycles. The van der Waals surface area contributed by atoms with E-state index in [9.17, 15) is 0 Å². The summed E-state index contributed by atoms with van der Waals surface area (Å²) in [6.45, 7) is 2.02. The number of rotatable bonds is 4. The van der Waals surface area contributed by atoms with Crippen molar-refractivity contribution < 1.29 is 0 Å². The molecule has 0 N–H and O–H groups in total.